The second-order valence-electron chi connectivity index (χ2n) is 5.85. The van der Waals surface area contributed by atoms with Crippen LogP contribution >= 0.6 is 24.0 Å². The lowest BCUT2D eigenvalue weighted by Gasteiger charge is -2.14. The van der Waals surface area contributed by atoms with E-state index in [2.05, 4.69) is 0 Å². The third-order valence-electron chi connectivity index (χ3n) is 3.96. The van der Waals surface area contributed by atoms with Crippen LogP contribution in [-0.4, -0.2) is 17.0 Å². The highest BCUT2D eigenvalue weighted by atomic mass is 32.2. The maximum atomic E-state index is 12.9. The molecule has 0 N–H and O–H groups in total. The molecule has 0 aromatic heterocycles. The zero-order chi connectivity index (χ0) is 18.1. The molecule has 1 amide bonds. The predicted octanol–water partition coefficient (Wildman–Crippen LogP) is 4.77. The summed E-state index contributed by atoms with van der Waals surface area (Å²) in [5.74, 6) is 1.18. The Labute approximate surface area is 161 Å². The zero-order valence-electron chi connectivity index (χ0n) is 14.0. The van der Waals surface area contributed by atoms with E-state index in [1.807, 2.05) is 55.5 Å². The molecule has 2 aromatic carbocycles. The van der Waals surface area contributed by atoms with Crippen molar-refractivity contribution >= 4 is 46.0 Å². The van der Waals surface area contributed by atoms with Crippen molar-refractivity contribution in [1.82, 2.24) is 0 Å². The fraction of sp³-hybridized carbons (Fsp3) is 0.100. The van der Waals surface area contributed by atoms with Crippen molar-refractivity contribution in [2.24, 2.45) is 0 Å². The number of carbonyl (C=O) groups is 1. The maximum Gasteiger partial charge on any atom is 0.270 e. The summed E-state index contributed by atoms with van der Waals surface area (Å²) in [5.41, 5.74) is 2.76. The molecule has 0 spiro atoms. The van der Waals surface area contributed by atoms with Gasteiger partial charge in [-0.2, -0.15) is 0 Å². The minimum Gasteiger partial charge on any atom is -0.454 e. The van der Waals surface area contributed by atoms with Crippen molar-refractivity contribution in [3.8, 4) is 11.5 Å². The third-order valence-corrected chi connectivity index (χ3v) is 5.26. The molecule has 0 bridgehead atoms. The predicted molar refractivity (Wildman–Crippen MR) is 108 cm³/mol. The van der Waals surface area contributed by atoms with Gasteiger partial charge in [-0.25, -0.2) is 0 Å². The molecule has 0 saturated carbocycles. The van der Waals surface area contributed by atoms with Crippen molar-refractivity contribution in [2.75, 3.05) is 11.7 Å². The van der Waals surface area contributed by atoms with E-state index < -0.39 is 0 Å². The molecule has 130 valence electrons. The summed E-state index contributed by atoms with van der Waals surface area (Å²) in [5, 5.41) is 0. The Morgan fingerprint density at radius 3 is 2.73 bits per heavy atom. The van der Waals surface area contributed by atoms with Gasteiger partial charge in [0, 0.05) is 6.07 Å². The van der Waals surface area contributed by atoms with E-state index in [4.69, 9.17) is 21.7 Å². The summed E-state index contributed by atoms with van der Waals surface area (Å²) in [7, 11) is 0. The number of allylic oxidation sites excluding steroid dienone is 2. The number of hydrogen-bond donors (Lipinski definition) is 0. The van der Waals surface area contributed by atoms with Crippen molar-refractivity contribution in [1.29, 1.82) is 0 Å². The molecule has 6 heteroatoms. The normalized spacial score (nSPS) is 18.1. The first kappa shape index (κ1) is 16.9. The molecule has 1 fully saturated rings. The highest BCUT2D eigenvalue weighted by molar-refractivity contribution is 8.27. The fourth-order valence-electron chi connectivity index (χ4n) is 2.78. The van der Waals surface area contributed by atoms with Crippen LogP contribution in [0.1, 0.15) is 12.5 Å². The Morgan fingerprint density at radius 1 is 1.15 bits per heavy atom. The highest BCUT2D eigenvalue weighted by Crippen LogP contribution is 2.40. The lowest BCUT2D eigenvalue weighted by Crippen LogP contribution is -2.27. The largest absolute Gasteiger partial charge is 0.454 e. The Morgan fingerprint density at radius 2 is 1.92 bits per heavy atom. The Hall–Kier alpha value is -2.57. The van der Waals surface area contributed by atoms with E-state index in [1.165, 1.54) is 16.7 Å². The molecule has 0 unspecified atom stereocenters. The number of carbonyl (C=O) groups excluding carboxylic acids is 1. The first-order valence-corrected chi connectivity index (χ1v) is 9.25. The molecular weight excluding hydrogens is 366 g/mol. The van der Waals surface area contributed by atoms with Gasteiger partial charge in [-0.15, -0.1) is 0 Å². The van der Waals surface area contributed by atoms with E-state index in [9.17, 15) is 4.79 Å². The summed E-state index contributed by atoms with van der Waals surface area (Å²) in [6.45, 7) is 2.17. The first-order valence-electron chi connectivity index (χ1n) is 8.03. The van der Waals surface area contributed by atoms with Gasteiger partial charge < -0.3 is 9.47 Å². The smallest absolute Gasteiger partial charge is 0.270 e. The zero-order valence-corrected chi connectivity index (χ0v) is 15.6. The fourth-order valence-corrected chi connectivity index (χ4v) is 4.12. The molecule has 0 aliphatic carbocycles. The molecule has 26 heavy (non-hydrogen) atoms. The molecule has 2 aromatic rings. The molecule has 0 radical (unpaired) electrons. The molecule has 2 aliphatic rings. The number of amides is 1. The lowest BCUT2D eigenvalue weighted by molar-refractivity contribution is -0.113. The van der Waals surface area contributed by atoms with E-state index in [1.54, 1.807) is 12.1 Å². The van der Waals surface area contributed by atoms with Gasteiger partial charge in [0.2, 0.25) is 6.79 Å². The number of rotatable bonds is 3. The molecule has 4 rings (SSSR count). The SMILES string of the molecule is CC(=C\c1ccccc1)/C=C1/SC(=S)N(c2ccc3c(c2)OCO3)C1=O. The average Bonchev–Trinajstić information content (AvgIpc) is 3.19. The van der Waals surface area contributed by atoms with Gasteiger partial charge in [0.15, 0.2) is 15.8 Å². The summed E-state index contributed by atoms with van der Waals surface area (Å²) < 4.78 is 11.2. The Balaban J connectivity index is 1.60. The number of benzene rings is 2. The van der Waals surface area contributed by atoms with Crippen molar-refractivity contribution < 1.29 is 14.3 Å². The lowest BCUT2D eigenvalue weighted by atomic mass is 10.1. The first-order chi connectivity index (χ1) is 12.6. The van der Waals surface area contributed by atoms with Crippen LogP contribution in [0.4, 0.5) is 5.69 Å². The summed E-state index contributed by atoms with van der Waals surface area (Å²) in [6.07, 6.45) is 3.91. The minimum absolute atomic E-state index is 0.125. The second kappa shape index (κ2) is 6.97. The van der Waals surface area contributed by atoms with E-state index in [0.717, 1.165) is 11.1 Å². The number of thiocarbonyl (C=S) groups is 1. The highest BCUT2D eigenvalue weighted by Gasteiger charge is 2.34. The van der Waals surface area contributed by atoms with Crippen LogP contribution < -0.4 is 14.4 Å². The average molecular weight is 381 g/mol. The number of hydrogen-bond acceptors (Lipinski definition) is 5. The van der Waals surface area contributed by atoms with Crippen molar-refractivity contribution in [3.63, 3.8) is 0 Å². The molecular formula is C20H15NO3S2. The third kappa shape index (κ3) is 3.25. The van der Waals surface area contributed by atoms with Gasteiger partial charge in [-0.1, -0.05) is 60.4 Å². The summed E-state index contributed by atoms with van der Waals surface area (Å²) in [6, 6.07) is 15.4. The maximum absolute atomic E-state index is 12.9. The van der Waals surface area contributed by atoms with E-state index in [0.29, 0.717) is 26.4 Å². The van der Waals surface area contributed by atoms with Crippen LogP contribution in [-0.2, 0) is 4.79 Å². The standard InChI is InChI=1S/C20H15NO3S2/c1-13(9-14-5-3-2-4-6-14)10-18-19(22)21(20(25)26-18)15-7-8-16-17(11-15)24-12-23-16/h2-11H,12H2,1H3/b13-9+,18-10+. The number of fused-ring (bicyclic) bond motifs is 1. The van der Waals surface area contributed by atoms with Crippen LogP contribution in [0.15, 0.2) is 65.1 Å². The molecule has 0 atom stereocenters. The number of ether oxygens (including phenoxy) is 2. The Bertz CT molecular complexity index is 951. The molecule has 1 saturated heterocycles. The van der Waals surface area contributed by atoms with Crippen LogP contribution in [0.3, 0.4) is 0 Å². The molecule has 2 heterocycles. The number of thioether (sulfide) groups is 1. The van der Waals surface area contributed by atoms with Gasteiger partial charge >= 0.3 is 0 Å². The number of anilines is 1. The van der Waals surface area contributed by atoms with Crippen LogP contribution in [0.2, 0.25) is 0 Å². The van der Waals surface area contributed by atoms with Crippen LogP contribution in [0, 0.1) is 0 Å². The topological polar surface area (TPSA) is 38.8 Å². The van der Waals surface area contributed by atoms with Gasteiger partial charge in [0.25, 0.3) is 5.91 Å². The Kier molecular flexibility index (Phi) is 4.53. The molecule has 4 nitrogen and oxygen atoms in total. The second-order valence-corrected chi connectivity index (χ2v) is 7.53. The van der Waals surface area contributed by atoms with Gasteiger partial charge in [0.1, 0.15) is 0 Å². The van der Waals surface area contributed by atoms with Crippen LogP contribution in [0.25, 0.3) is 6.08 Å². The van der Waals surface area contributed by atoms with Gasteiger partial charge in [-0.05, 0) is 36.3 Å². The minimum atomic E-state index is -0.125. The summed E-state index contributed by atoms with van der Waals surface area (Å²) >= 11 is 6.73. The van der Waals surface area contributed by atoms with E-state index >= 15 is 0 Å². The van der Waals surface area contributed by atoms with Crippen molar-refractivity contribution in [3.05, 3.63) is 70.6 Å². The summed E-state index contributed by atoms with van der Waals surface area (Å²) in [4.78, 5) is 15.0. The number of nitrogens with zero attached hydrogens (tertiary/aromatic N) is 1. The quantitative estimate of drug-likeness (QED) is 0.566. The van der Waals surface area contributed by atoms with E-state index in [-0.39, 0.29) is 12.7 Å². The van der Waals surface area contributed by atoms with Crippen molar-refractivity contribution in [2.45, 2.75) is 6.92 Å². The van der Waals surface area contributed by atoms with Gasteiger partial charge in [0.05, 0.1) is 10.6 Å². The van der Waals surface area contributed by atoms with Gasteiger partial charge in [-0.3, -0.25) is 9.69 Å². The van der Waals surface area contributed by atoms with Crippen LogP contribution in [0.5, 0.6) is 11.5 Å². The molecule has 2 aliphatic heterocycles. The monoisotopic (exact) mass is 381 g/mol.